The third-order valence-corrected chi connectivity index (χ3v) is 3.82. The molecule has 0 amide bonds. The van der Waals surface area contributed by atoms with Crippen LogP contribution < -0.4 is 5.56 Å². The van der Waals surface area contributed by atoms with E-state index in [1.165, 1.54) is 4.57 Å². The summed E-state index contributed by atoms with van der Waals surface area (Å²) in [5.74, 6) is -0.182. The van der Waals surface area contributed by atoms with E-state index in [2.05, 4.69) is 30.9 Å². The van der Waals surface area contributed by atoms with Crippen LogP contribution in [0.4, 0.5) is 0 Å². The Morgan fingerprint density at radius 2 is 1.85 bits per heavy atom. The summed E-state index contributed by atoms with van der Waals surface area (Å²) in [6.07, 6.45) is 0. The first-order valence-electron chi connectivity index (χ1n) is 5.77. The Labute approximate surface area is 121 Å². The third kappa shape index (κ3) is 1.54. The van der Waals surface area contributed by atoms with Crippen LogP contribution in [0.1, 0.15) is 43.9 Å². The Morgan fingerprint density at radius 1 is 1.15 bits per heavy atom. The molecule has 0 bridgehead atoms. The molecule has 0 aromatic carbocycles. The van der Waals surface area contributed by atoms with Crippen LogP contribution in [-0.2, 0) is 12.4 Å². The first-order valence-corrected chi connectivity index (χ1v) is 6.89. The number of carbonyl (C=O) groups is 2. The topological polar surface area (TPSA) is 97.7 Å². The average molecular weight is 337 g/mol. The Bertz CT molecular complexity index is 834. The Kier molecular flexibility index (Phi) is 2.72. The highest BCUT2D eigenvalue weighted by atomic mass is 79.9. The molecule has 1 N–H and O–H groups in total. The Morgan fingerprint density at radius 3 is 2.50 bits per heavy atom. The Balaban J connectivity index is 2.38. The first kappa shape index (κ1) is 12.9. The van der Waals surface area contributed by atoms with Crippen molar-refractivity contribution in [1.82, 2.24) is 19.5 Å². The van der Waals surface area contributed by atoms with Gasteiger partial charge in [-0.3, -0.25) is 14.4 Å². The molecule has 0 saturated heterocycles. The summed E-state index contributed by atoms with van der Waals surface area (Å²) in [4.78, 5) is 47.4. The maximum absolute atomic E-state index is 12.5. The minimum atomic E-state index is -0.614. The summed E-state index contributed by atoms with van der Waals surface area (Å²) >= 11 is 3.16. The van der Waals surface area contributed by atoms with E-state index in [-0.39, 0.29) is 28.0 Å². The number of rotatable bonds is 1. The number of imidazole rings is 1. The highest BCUT2D eigenvalue weighted by Gasteiger charge is 2.37. The van der Waals surface area contributed by atoms with E-state index in [4.69, 9.17) is 0 Å². The van der Waals surface area contributed by atoms with Gasteiger partial charge in [0.15, 0.2) is 0 Å². The van der Waals surface area contributed by atoms with Gasteiger partial charge in [-0.15, -0.1) is 0 Å². The van der Waals surface area contributed by atoms with Gasteiger partial charge < -0.3 is 9.55 Å². The van der Waals surface area contributed by atoms with E-state index < -0.39 is 17.1 Å². The number of alkyl halides is 1. The summed E-state index contributed by atoms with van der Waals surface area (Å²) in [6, 6.07) is 0. The van der Waals surface area contributed by atoms with Gasteiger partial charge in [-0.2, -0.15) is 0 Å². The smallest absolute Gasteiger partial charge is 0.263 e. The van der Waals surface area contributed by atoms with Crippen molar-refractivity contribution in [3.63, 3.8) is 0 Å². The molecule has 2 heterocycles. The Hall–Kier alpha value is -2.09. The average Bonchev–Trinajstić information content (AvgIpc) is 2.72. The number of hydrogen-bond acceptors (Lipinski definition) is 5. The van der Waals surface area contributed by atoms with Crippen molar-refractivity contribution in [2.75, 3.05) is 0 Å². The summed E-state index contributed by atoms with van der Waals surface area (Å²) < 4.78 is 1.54. The summed E-state index contributed by atoms with van der Waals surface area (Å²) in [6.45, 7) is 1.69. The van der Waals surface area contributed by atoms with Crippen molar-refractivity contribution >= 4 is 27.5 Å². The fourth-order valence-corrected chi connectivity index (χ4v) is 2.48. The molecule has 0 spiro atoms. The summed E-state index contributed by atoms with van der Waals surface area (Å²) in [7, 11) is 1.65. The molecule has 7 nitrogen and oxygen atoms in total. The molecule has 0 unspecified atom stereocenters. The van der Waals surface area contributed by atoms with Crippen LogP contribution in [0.25, 0.3) is 0 Å². The quantitative estimate of drug-likeness (QED) is 0.652. The SMILES string of the molecule is Cc1nc2c(n1C)C(=O)c1nc(CBr)[nH]c(=O)c1C2=O. The van der Waals surface area contributed by atoms with E-state index >= 15 is 0 Å². The maximum Gasteiger partial charge on any atom is 0.263 e. The molecule has 0 radical (unpaired) electrons. The van der Waals surface area contributed by atoms with Crippen molar-refractivity contribution in [2.45, 2.75) is 12.3 Å². The number of aromatic amines is 1. The van der Waals surface area contributed by atoms with Crippen molar-refractivity contribution < 1.29 is 9.59 Å². The molecule has 8 heteroatoms. The number of hydrogen-bond donors (Lipinski definition) is 1. The van der Waals surface area contributed by atoms with E-state index in [0.717, 1.165) is 0 Å². The normalized spacial score (nSPS) is 13.3. The number of aromatic nitrogens is 4. The molecule has 0 aliphatic heterocycles. The van der Waals surface area contributed by atoms with Crippen molar-refractivity contribution in [3.8, 4) is 0 Å². The first-order chi connectivity index (χ1) is 9.45. The molecule has 20 heavy (non-hydrogen) atoms. The molecule has 1 aliphatic carbocycles. The van der Waals surface area contributed by atoms with Gasteiger partial charge >= 0.3 is 0 Å². The zero-order valence-electron chi connectivity index (χ0n) is 10.7. The van der Waals surface area contributed by atoms with Crippen LogP contribution in [-0.4, -0.2) is 31.1 Å². The highest BCUT2D eigenvalue weighted by molar-refractivity contribution is 9.08. The molecular weight excluding hydrogens is 328 g/mol. The number of nitrogens with zero attached hydrogens (tertiary/aromatic N) is 3. The molecule has 1 aliphatic rings. The largest absolute Gasteiger partial charge is 0.328 e. The number of aryl methyl sites for hydroxylation is 1. The zero-order chi connectivity index (χ0) is 14.6. The second kappa shape index (κ2) is 4.20. The van der Waals surface area contributed by atoms with Crippen LogP contribution in [0, 0.1) is 6.92 Å². The zero-order valence-corrected chi connectivity index (χ0v) is 12.2. The van der Waals surface area contributed by atoms with Gasteiger partial charge in [0.05, 0.1) is 5.33 Å². The van der Waals surface area contributed by atoms with Crippen molar-refractivity contribution in [3.05, 3.63) is 44.6 Å². The van der Waals surface area contributed by atoms with E-state index in [0.29, 0.717) is 11.6 Å². The second-order valence-corrected chi connectivity index (χ2v) is 5.00. The van der Waals surface area contributed by atoms with Crippen LogP contribution in [0.3, 0.4) is 0 Å². The number of fused-ring (bicyclic) bond motifs is 2. The standard InChI is InChI=1S/C12H9BrN4O3/c1-4-14-8-9(17(4)2)11(19)7-6(10(8)18)12(20)16-5(3-13)15-7/h3H2,1-2H3,(H,15,16,20). The van der Waals surface area contributed by atoms with Gasteiger partial charge in [0.2, 0.25) is 11.6 Å². The number of carbonyl (C=O) groups excluding carboxylic acids is 2. The summed E-state index contributed by atoms with van der Waals surface area (Å²) in [5, 5.41) is 0.286. The fraction of sp³-hybridized carbons (Fsp3) is 0.250. The summed E-state index contributed by atoms with van der Waals surface area (Å²) in [5.41, 5.74) is -0.759. The molecule has 0 fully saturated rings. The van der Waals surface area contributed by atoms with E-state index in [1.807, 2.05) is 0 Å². The van der Waals surface area contributed by atoms with E-state index in [1.54, 1.807) is 14.0 Å². The van der Waals surface area contributed by atoms with Crippen molar-refractivity contribution in [1.29, 1.82) is 0 Å². The molecule has 3 rings (SSSR count). The van der Waals surface area contributed by atoms with Gasteiger partial charge in [0.1, 0.15) is 34.3 Å². The van der Waals surface area contributed by atoms with Gasteiger partial charge in [-0.05, 0) is 6.92 Å². The monoisotopic (exact) mass is 336 g/mol. The minimum absolute atomic E-state index is 0.0152. The van der Waals surface area contributed by atoms with Crippen LogP contribution in [0.15, 0.2) is 4.79 Å². The predicted octanol–water partition coefficient (Wildman–Crippen LogP) is 0.482. The van der Waals surface area contributed by atoms with Gasteiger partial charge in [0, 0.05) is 7.05 Å². The molecule has 0 atom stereocenters. The number of ketones is 2. The number of H-pyrrole nitrogens is 1. The van der Waals surface area contributed by atoms with Gasteiger partial charge in [-0.25, -0.2) is 9.97 Å². The molecule has 2 aromatic heterocycles. The van der Waals surface area contributed by atoms with Crippen LogP contribution in [0.5, 0.6) is 0 Å². The lowest BCUT2D eigenvalue weighted by Crippen LogP contribution is -2.32. The van der Waals surface area contributed by atoms with E-state index in [9.17, 15) is 14.4 Å². The highest BCUT2D eigenvalue weighted by Crippen LogP contribution is 2.24. The predicted molar refractivity (Wildman–Crippen MR) is 72.3 cm³/mol. The third-order valence-electron chi connectivity index (χ3n) is 3.29. The lowest BCUT2D eigenvalue weighted by atomic mass is 9.95. The van der Waals surface area contributed by atoms with Gasteiger partial charge in [-0.1, -0.05) is 15.9 Å². The second-order valence-electron chi connectivity index (χ2n) is 4.44. The van der Waals surface area contributed by atoms with Gasteiger partial charge in [0.25, 0.3) is 5.56 Å². The fourth-order valence-electron chi connectivity index (χ4n) is 2.22. The van der Waals surface area contributed by atoms with Crippen molar-refractivity contribution in [2.24, 2.45) is 7.05 Å². The lowest BCUT2D eigenvalue weighted by molar-refractivity contribution is 0.0966. The minimum Gasteiger partial charge on any atom is -0.328 e. The molecule has 0 saturated carbocycles. The van der Waals surface area contributed by atoms with Crippen LogP contribution in [0.2, 0.25) is 0 Å². The van der Waals surface area contributed by atoms with Crippen LogP contribution >= 0.6 is 15.9 Å². The number of nitrogens with one attached hydrogen (secondary N) is 1. The number of halogens is 1. The lowest BCUT2D eigenvalue weighted by Gasteiger charge is -2.13. The molecular formula is C12H9BrN4O3. The molecule has 102 valence electrons. The maximum atomic E-state index is 12.5. The molecule has 2 aromatic rings.